The van der Waals surface area contributed by atoms with Gasteiger partial charge in [0.1, 0.15) is 11.6 Å². The molecule has 1 fully saturated rings. The summed E-state index contributed by atoms with van der Waals surface area (Å²) in [6.45, 7) is 2.32. The van der Waals surface area contributed by atoms with Gasteiger partial charge in [-0.25, -0.2) is 0 Å². The molecule has 3 heterocycles. The van der Waals surface area contributed by atoms with Gasteiger partial charge in [-0.1, -0.05) is 0 Å². The Morgan fingerprint density at radius 2 is 2.26 bits per heavy atom. The highest BCUT2D eigenvalue weighted by Gasteiger charge is 2.30. The Morgan fingerprint density at radius 3 is 3.00 bits per heavy atom. The van der Waals surface area contributed by atoms with Crippen molar-refractivity contribution < 1.29 is 4.79 Å². The number of hydrogen-bond donors (Lipinski definition) is 3. The molecular formula is C12H18N6O. The van der Waals surface area contributed by atoms with Crippen LogP contribution in [0, 0.1) is 5.92 Å². The largest absolute Gasteiger partial charge is 0.370 e. The lowest BCUT2D eigenvalue weighted by Gasteiger charge is -2.25. The monoisotopic (exact) mass is 262 g/mol. The maximum atomic E-state index is 11.3. The normalized spacial score (nSPS) is 21.9. The molecule has 1 amide bonds. The van der Waals surface area contributed by atoms with Crippen molar-refractivity contribution in [3.8, 4) is 0 Å². The van der Waals surface area contributed by atoms with Crippen LogP contribution < -0.4 is 21.7 Å². The predicted octanol–water partition coefficient (Wildman–Crippen LogP) is -0.271. The fraction of sp³-hybridized carbons (Fsp3) is 0.583. The molecule has 0 radical (unpaired) electrons. The Balaban J connectivity index is 1.92. The lowest BCUT2D eigenvalue weighted by molar-refractivity contribution is -0.121. The fourth-order valence-electron chi connectivity index (χ4n) is 2.78. The van der Waals surface area contributed by atoms with E-state index < -0.39 is 0 Å². The average Bonchev–Trinajstić information content (AvgIpc) is 2.87. The third-order valence-electron chi connectivity index (χ3n) is 3.79. The first-order valence-corrected chi connectivity index (χ1v) is 6.59. The zero-order chi connectivity index (χ0) is 13.4. The van der Waals surface area contributed by atoms with Crippen molar-refractivity contribution in [2.75, 3.05) is 35.6 Å². The van der Waals surface area contributed by atoms with Crippen LogP contribution in [0.3, 0.4) is 0 Å². The lowest BCUT2D eigenvalue weighted by Crippen LogP contribution is -2.29. The number of anilines is 3. The van der Waals surface area contributed by atoms with Crippen LogP contribution in [0.5, 0.6) is 0 Å². The average molecular weight is 262 g/mol. The lowest BCUT2D eigenvalue weighted by atomic mass is 10.1. The molecule has 1 atom stereocenters. The first-order chi connectivity index (χ1) is 9.15. The SMILES string of the molecule is NC(=O)[C@H]1CCN(c2nc(N)nc3c2CCCN3)C1. The minimum absolute atomic E-state index is 0.0941. The van der Waals surface area contributed by atoms with Gasteiger partial charge in [0.2, 0.25) is 11.9 Å². The smallest absolute Gasteiger partial charge is 0.223 e. The van der Waals surface area contributed by atoms with Crippen LogP contribution in [0.15, 0.2) is 0 Å². The molecule has 1 aromatic heterocycles. The molecule has 0 saturated carbocycles. The molecule has 1 aromatic rings. The van der Waals surface area contributed by atoms with E-state index in [0.717, 1.165) is 49.6 Å². The van der Waals surface area contributed by atoms with Crippen molar-refractivity contribution >= 4 is 23.5 Å². The number of nitrogens with two attached hydrogens (primary N) is 2. The molecule has 19 heavy (non-hydrogen) atoms. The summed E-state index contributed by atoms with van der Waals surface area (Å²) in [5.74, 6) is 1.63. The molecular weight excluding hydrogens is 244 g/mol. The maximum absolute atomic E-state index is 11.3. The van der Waals surface area contributed by atoms with Crippen LogP contribution >= 0.6 is 0 Å². The summed E-state index contributed by atoms with van der Waals surface area (Å²) >= 11 is 0. The summed E-state index contributed by atoms with van der Waals surface area (Å²) in [6.07, 6.45) is 2.78. The number of amides is 1. The molecule has 0 spiro atoms. The molecule has 1 saturated heterocycles. The second-order valence-electron chi connectivity index (χ2n) is 5.10. The second-order valence-corrected chi connectivity index (χ2v) is 5.10. The summed E-state index contributed by atoms with van der Waals surface area (Å²) in [6, 6.07) is 0. The van der Waals surface area contributed by atoms with Gasteiger partial charge in [0.05, 0.1) is 5.92 Å². The van der Waals surface area contributed by atoms with Crippen molar-refractivity contribution in [1.29, 1.82) is 0 Å². The first-order valence-electron chi connectivity index (χ1n) is 6.59. The van der Waals surface area contributed by atoms with Gasteiger partial charge in [-0.2, -0.15) is 9.97 Å². The van der Waals surface area contributed by atoms with E-state index in [2.05, 4.69) is 20.2 Å². The molecule has 3 rings (SSSR count). The van der Waals surface area contributed by atoms with E-state index in [1.54, 1.807) is 0 Å². The summed E-state index contributed by atoms with van der Waals surface area (Å²) in [4.78, 5) is 22.0. The molecule has 0 unspecified atom stereocenters. The fourth-order valence-corrected chi connectivity index (χ4v) is 2.78. The van der Waals surface area contributed by atoms with Gasteiger partial charge < -0.3 is 21.7 Å². The van der Waals surface area contributed by atoms with Crippen LogP contribution in [-0.4, -0.2) is 35.5 Å². The highest BCUT2D eigenvalue weighted by molar-refractivity contribution is 5.78. The van der Waals surface area contributed by atoms with Gasteiger partial charge in [-0.05, 0) is 19.3 Å². The van der Waals surface area contributed by atoms with Gasteiger partial charge in [0.15, 0.2) is 0 Å². The molecule has 0 aromatic carbocycles. The molecule has 0 bridgehead atoms. The van der Waals surface area contributed by atoms with Crippen molar-refractivity contribution in [2.24, 2.45) is 11.7 Å². The van der Waals surface area contributed by atoms with Gasteiger partial charge in [0, 0.05) is 25.2 Å². The number of fused-ring (bicyclic) bond motifs is 1. The number of carbonyl (C=O) groups excluding carboxylic acids is 1. The number of aromatic nitrogens is 2. The molecule has 0 aliphatic carbocycles. The van der Waals surface area contributed by atoms with Gasteiger partial charge in [0.25, 0.3) is 0 Å². The van der Waals surface area contributed by atoms with Crippen LogP contribution in [-0.2, 0) is 11.2 Å². The number of nitrogens with zero attached hydrogens (tertiary/aromatic N) is 3. The van der Waals surface area contributed by atoms with Gasteiger partial charge >= 0.3 is 0 Å². The van der Waals surface area contributed by atoms with Crippen LogP contribution in [0.1, 0.15) is 18.4 Å². The Labute approximate surface area is 111 Å². The quantitative estimate of drug-likeness (QED) is 0.676. The van der Waals surface area contributed by atoms with E-state index in [1.807, 2.05) is 0 Å². The van der Waals surface area contributed by atoms with E-state index in [-0.39, 0.29) is 17.8 Å². The number of nitrogen functional groups attached to an aromatic ring is 1. The van der Waals surface area contributed by atoms with Crippen LogP contribution in [0.2, 0.25) is 0 Å². The summed E-state index contributed by atoms with van der Waals surface area (Å²) in [5, 5.41) is 3.25. The Bertz CT molecular complexity index is 517. The van der Waals surface area contributed by atoms with Gasteiger partial charge in [-0.15, -0.1) is 0 Å². The standard InChI is InChI=1S/C12H18N6O/c13-9(19)7-3-5-18(6-7)11-8-2-1-4-15-10(8)16-12(14)17-11/h7H,1-6H2,(H2,13,19)(H3,14,15,16,17)/t7-/m0/s1. The highest BCUT2D eigenvalue weighted by atomic mass is 16.1. The van der Waals surface area contributed by atoms with E-state index in [1.165, 1.54) is 0 Å². The topological polar surface area (TPSA) is 110 Å². The Kier molecular flexibility index (Phi) is 2.88. The maximum Gasteiger partial charge on any atom is 0.223 e. The van der Waals surface area contributed by atoms with Crippen LogP contribution in [0.4, 0.5) is 17.6 Å². The number of rotatable bonds is 2. The van der Waals surface area contributed by atoms with Crippen molar-refractivity contribution in [2.45, 2.75) is 19.3 Å². The van der Waals surface area contributed by atoms with Crippen molar-refractivity contribution in [3.05, 3.63) is 5.56 Å². The van der Waals surface area contributed by atoms with E-state index in [4.69, 9.17) is 11.5 Å². The summed E-state index contributed by atoms with van der Waals surface area (Å²) in [5.41, 5.74) is 12.2. The number of primary amides is 1. The minimum atomic E-state index is -0.239. The zero-order valence-electron chi connectivity index (χ0n) is 10.7. The molecule has 2 aliphatic heterocycles. The first kappa shape index (κ1) is 12.0. The second kappa shape index (κ2) is 4.56. The molecule has 7 nitrogen and oxygen atoms in total. The van der Waals surface area contributed by atoms with E-state index >= 15 is 0 Å². The zero-order valence-corrected chi connectivity index (χ0v) is 10.7. The molecule has 5 N–H and O–H groups in total. The number of hydrogen-bond acceptors (Lipinski definition) is 6. The predicted molar refractivity (Wildman–Crippen MR) is 72.8 cm³/mol. The highest BCUT2D eigenvalue weighted by Crippen LogP contribution is 2.32. The third kappa shape index (κ3) is 2.16. The number of nitrogens with one attached hydrogen (secondary N) is 1. The van der Waals surface area contributed by atoms with Gasteiger partial charge in [-0.3, -0.25) is 4.79 Å². The molecule has 7 heteroatoms. The third-order valence-corrected chi connectivity index (χ3v) is 3.79. The molecule has 2 aliphatic rings. The Morgan fingerprint density at radius 1 is 1.42 bits per heavy atom. The molecule has 102 valence electrons. The Hall–Kier alpha value is -2.05. The van der Waals surface area contributed by atoms with E-state index in [0.29, 0.717) is 6.54 Å². The summed E-state index contributed by atoms with van der Waals surface area (Å²) in [7, 11) is 0. The summed E-state index contributed by atoms with van der Waals surface area (Å²) < 4.78 is 0. The number of carbonyl (C=O) groups is 1. The van der Waals surface area contributed by atoms with Crippen molar-refractivity contribution in [1.82, 2.24) is 9.97 Å². The van der Waals surface area contributed by atoms with Crippen molar-refractivity contribution in [3.63, 3.8) is 0 Å². The van der Waals surface area contributed by atoms with E-state index in [9.17, 15) is 4.79 Å². The van der Waals surface area contributed by atoms with Crippen LogP contribution in [0.25, 0.3) is 0 Å². The minimum Gasteiger partial charge on any atom is -0.370 e.